The van der Waals surface area contributed by atoms with E-state index >= 15 is 0 Å². The molecule has 0 aromatic heterocycles. The first-order valence-corrected chi connectivity index (χ1v) is 9.21. The number of aliphatic carboxylic acids is 1. The van der Waals surface area contributed by atoms with E-state index in [1.165, 1.54) is 45.4 Å². The summed E-state index contributed by atoms with van der Waals surface area (Å²) in [5, 5.41) is 13.7. The second-order valence-electron chi connectivity index (χ2n) is 6.44. The van der Waals surface area contributed by atoms with Gasteiger partial charge in [0.05, 0.1) is 0 Å². The Hall–Kier alpha value is -0.590. The Bertz CT molecular complexity index is 397. The fourth-order valence-electron chi connectivity index (χ4n) is 2.38. The van der Waals surface area contributed by atoms with Crippen LogP contribution in [0.5, 0.6) is 0 Å². The number of rotatable bonds is 14. The molecule has 0 saturated carbocycles. The predicted octanol–water partition coefficient (Wildman–Crippen LogP) is 0.118. The summed E-state index contributed by atoms with van der Waals surface area (Å²) in [6, 6.07) is -1.69. The van der Waals surface area contributed by atoms with Gasteiger partial charge >= 0.3 is 35.5 Å². The van der Waals surface area contributed by atoms with Gasteiger partial charge in [0.15, 0.2) is 0 Å². The zero-order valence-corrected chi connectivity index (χ0v) is 18.4. The number of hydrogen-bond acceptors (Lipinski definition) is 3. The van der Waals surface area contributed by atoms with Crippen LogP contribution < -0.4 is 40.2 Å². The van der Waals surface area contributed by atoms with E-state index in [9.17, 15) is 14.4 Å². The maximum absolute atomic E-state index is 11.8. The molecule has 0 spiro atoms. The maximum atomic E-state index is 11.8. The number of unbranched alkanes of at least 4 members (excludes halogenated alkanes) is 8. The molecule has 0 saturated heterocycles. The molecule has 0 aliphatic heterocycles. The molecule has 2 atom stereocenters. The molecule has 2 amide bonds. The zero-order valence-electron chi connectivity index (χ0n) is 17.4. The molecule has 3 N–H and O–H groups in total. The second-order valence-corrected chi connectivity index (χ2v) is 6.44. The number of carboxylic acids is 1. The molecule has 0 aromatic rings. The maximum Gasteiger partial charge on any atom is 1.00 e. The summed E-state index contributed by atoms with van der Waals surface area (Å²) in [6.07, 6.45) is 11.1. The number of carboxylic acid groups (broad SMARTS) is 1. The van der Waals surface area contributed by atoms with Gasteiger partial charge in [-0.05, 0) is 20.3 Å². The van der Waals surface area contributed by atoms with Crippen LogP contribution >= 0.6 is 0 Å². The summed E-state index contributed by atoms with van der Waals surface area (Å²) in [4.78, 5) is 34.2. The van der Waals surface area contributed by atoms with Crippen molar-refractivity contribution in [3.63, 3.8) is 0 Å². The Balaban J connectivity index is -0.00000264. The van der Waals surface area contributed by atoms with E-state index in [0.29, 0.717) is 6.42 Å². The van der Waals surface area contributed by atoms with E-state index in [1.807, 2.05) is 0 Å². The molecule has 0 heterocycles. The van der Waals surface area contributed by atoms with Crippen LogP contribution in [0, 0.1) is 0 Å². The normalized spacial score (nSPS) is 12.6. The first-order chi connectivity index (χ1) is 11.4. The third kappa shape index (κ3) is 15.4. The van der Waals surface area contributed by atoms with Gasteiger partial charge in [-0.2, -0.15) is 0 Å². The van der Waals surface area contributed by atoms with Crippen molar-refractivity contribution in [1.29, 1.82) is 0 Å². The molecule has 142 valence electrons. The summed E-state index contributed by atoms with van der Waals surface area (Å²) in [5.74, 6) is -1.74. The third-order valence-electron chi connectivity index (χ3n) is 4.01. The van der Waals surface area contributed by atoms with E-state index in [4.69, 9.17) is 5.11 Å². The minimum atomic E-state index is -1.10. The molecular weight excluding hydrogens is 331 g/mol. The van der Waals surface area contributed by atoms with Crippen molar-refractivity contribution in [1.82, 2.24) is 10.6 Å². The molecular formula is C18H35N2NaO4. The van der Waals surface area contributed by atoms with Crippen LogP contribution in [0.25, 0.3) is 0 Å². The van der Waals surface area contributed by atoms with Gasteiger partial charge in [0, 0.05) is 6.42 Å². The molecule has 7 heteroatoms. The fourth-order valence-corrected chi connectivity index (χ4v) is 2.38. The molecule has 0 rings (SSSR count). The molecule has 0 unspecified atom stereocenters. The smallest absolute Gasteiger partial charge is 1.00 e. The largest absolute Gasteiger partial charge is 1.00 e. The minimum Gasteiger partial charge on any atom is -1.00 e. The first-order valence-electron chi connectivity index (χ1n) is 9.21. The van der Waals surface area contributed by atoms with Gasteiger partial charge in [-0.1, -0.05) is 58.3 Å². The number of carbonyl (C=O) groups excluding carboxylic acids is 2. The van der Waals surface area contributed by atoms with Crippen LogP contribution in [0.4, 0.5) is 0 Å². The van der Waals surface area contributed by atoms with Gasteiger partial charge in [-0.25, -0.2) is 0 Å². The molecule has 25 heavy (non-hydrogen) atoms. The Kier molecular flexibility index (Phi) is 18.0. The van der Waals surface area contributed by atoms with E-state index in [1.54, 1.807) is 6.92 Å². The van der Waals surface area contributed by atoms with Crippen LogP contribution in [-0.2, 0) is 14.4 Å². The van der Waals surface area contributed by atoms with E-state index < -0.39 is 24.0 Å². The van der Waals surface area contributed by atoms with Crippen molar-refractivity contribution in [2.45, 2.75) is 97.1 Å². The zero-order chi connectivity index (χ0) is 18.4. The van der Waals surface area contributed by atoms with Crippen LogP contribution in [0.1, 0.15) is 86.4 Å². The van der Waals surface area contributed by atoms with Crippen LogP contribution in [-0.4, -0.2) is 35.0 Å². The number of hydrogen-bond donors (Lipinski definition) is 3. The SMILES string of the molecule is CCCCCCCCCCCC(=O)N[C@@H](C)C(=O)N[C@@H](C)C(=O)O.[H-].[Na+]. The van der Waals surface area contributed by atoms with Gasteiger partial charge in [0.25, 0.3) is 0 Å². The summed E-state index contributed by atoms with van der Waals surface area (Å²) in [6.45, 7) is 5.15. The molecule has 0 aromatic carbocycles. The summed E-state index contributed by atoms with van der Waals surface area (Å²) in [5.41, 5.74) is 0. The molecule has 0 aliphatic rings. The number of nitrogens with one attached hydrogen (secondary N) is 2. The first kappa shape index (κ1) is 26.6. The molecule has 0 radical (unpaired) electrons. The standard InChI is InChI=1S/C18H34N2O4.Na.H/c1-4-5-6-7-8-9-10-11-12-13-16(21)19-14(2)17(22)20-15(3)18(23)24;;/h14-15H,4-13H2,1-3H3,(H,19,21)(H,20,22)(H,23,24);;/q;+1;-1/t14-,15-;;/m0../s1. The summed E-state index contributed by atoms with van der Waals surface area (Å²) in [7, 11) is 0. The summed E-state index contributed by atoms with van der Waals surface area (Å²) >= 11 is 0. The van der Waals surface area contributed by atoms with E-state index in [2.05, 4.69) is 17.6 Å². The fraction of sp³-hybridized carbons (Fsp3) is 0.833. The van der Waals surface area contributed by atoms with Crippen molar-refractivity contribution in [2.24, 2.45) is 0 Å². The van der Waals surface area contributed by atoms with Crippen molar-refractivity contribution in [3.05, 3.63) is 0 Å². The second kappa shape index (κ2) is 16.9. The Morgan fingerprint density at radius 2 is 1.32 bits per heavy atom. The average molecular weight is 366 g/mol. The Morgan fingerprint density at radius 1 is 0.840 bits per heavy atom. The Morgan fingerprint density at radius 3 is 1.80 bits per heavy atom. The van der Waals surface area contributed by atoms with Gasteiger partial charge in [0.2, 0.25) is 11.8 Å². The van der Waals surface area contributed by atoms with Crippen LogP contribution in [0.3, 0.4) is 0 Å². The number of amides is 2. The van der Waals surface area contributed by atoms with Gasteiger partial charge in [0.1, 0.15) is 12.1 Å². The number of carbonyl (C=O) groups is 3. The van der Waals surface area contributed by atoms with Crippen LogP contribution in [0.15, 0.2) is 0 Å². The van der Waals surface area contributed by atoms with Crippen molar-refractivity contribution >= 4 is 17.8 Å². The summed E-state index contributed by atoms with van der Waals surface area (Å²) < 4.78 is 0. The molecule has 0 fully saturated rings. The van der Waals surface area contributed by atoms with Crippen molar-refractivity contribution in [3.8, 4) is 0 Å². The van der Waals surface area contributed by atoms with Gasteiger partial charge < -0.3 is 17.2 Å². The van der Waals surface area contributed by atoms with Gasteiger partial charge in [-0.3, -0.25) is 14.4 Å². The average Bonchev–Trinajstić information content (AvgIpc) is 2.52. The quantitative estimate of drug-likeness (QED) is 0.301. The van der Waals surface area contributed by atoms with Crippen molar-refractivity contribution in [2.75, 3.05) is 0 Å². The third-order valence-corrected chi connectivity index (χ3v) is 4.01. The Labute approximate surface area is 175 Å². The minimum absolute atomic E-state index is 0. The van der Waals surface area contributed by atoms with Crippen LogP contribution in [0.2, 0.25) is 0 Å². The molecule has 0 bridgehead atoms. The van der Waals surface area contributed by atoms with Gasteiger partial charge in [-0.15, -0.1) is 0 Å². The topological polar surface area (TPSA) is 95.5 Å². The van der Waals surface area contributed by atoms with Crippen molar-refractivity contribution < 1.29 is 50.5 Å². The monoisotopic (exact) mass is 366 g/mol. The van der Waals surface area contributed by atoms with E-state index in [-0.39, 0.29) is 36.9 Å². The molecule has 0 aliphatic carbocycles. The molecule has 6 nitrogen and oxygen atoms in total. The van der Waals surface area contributed by atoms with E-state index in [0.717, 1.165) is 19.3 Å². The predicted molar refractivity (Wildman–Crippen MR) is 95.8 cm³/mol.